The molecule has 6 aromatic carbocycles. The Kier molecular flexibility index (Phi) is 5.99. The third kappa shape index (κ3) is 3.94. The van der Waals surface area contributed by atoms with Gasteiger partial charge in [-0.25, -0.2) is 0 Å². The number of hydrogen-bond donors (Lipinski definition) is 2. The molecule has 3 aliphatic carbocycles. The summed E-state index contributed by atoms with van der Waals surface area (Å²) in [5, 5.41) is 21.6. The zero-order chi connectivity index (χ0) is 32.8. The van der Waals surface area contributed by atoms with E-state index >= 15 is 0 Å². The fourth-order valence-corrected chi connectivity index (χ4v) is 7.40. The molecule has 0 saturated heterocycles. The highest BCUT2D eigenvalue weighted by molar-refractivity contribution is 6.53. The fourth-order valence-electron chi connectivity index (χ4n) is 7.40. The topological polar surface area (TPSA) is 109 Å². The molecule has 0 bridgehead atoms. The van der Waals surface area contributed by atoms with Crippen LogP contribution in [0, 0.1) is 0 Å². The molecule has 2 atom stereocenters. The van der Waals surface area contributed by atoms with Gasteiger partial charge in [0, 0.05) is 22.3 Å². The molecule has 2 unspecified atom stereocenters. The number of Topliss-reactive ketones (excluding diaryl/α,β-unsaturated/α-hetero) is 4. The first-order chi connectivity index (χ1) is 23.3. The van der Waals surface area contributed by atoms with E-state index in [2.05, 4.69) is 0 Å². The first-order valence-electron chi connectivity index (χ1n) is 15.6. The van der Waals surface area contributed by atoms with E-state index in [-0.39, 0.29) is 22.7 Å². The molecule has 0 aromatic heterocycles. The van der Waals surface area contributed by atoms with Gasteiger partial charge in [-0.3, -0.25) is 19.2 Å². The normalized spacial score (nSPS) is 17.1. The van der Waals surface area contributed by atoms with Crippen LogP contribution in [0.25, 0.3) is 55.6 Å². The molecule has 6 nitrogen and oxygen atoms in total. The minimum absolute atomic E-state index is 0.279. The van der Waals surface area contributed by atoms with Gasteiger partial charge in [0.25, 0.3) is 0 Å². The monoisotopic (exact) mass is 624 g/mol. The summed E-state index contributed by atoms with van der Waals surface area (Å²) in [5.74, 6) is -2.00. The third-order valence-electron chi connectivity index (χ3n) is 9.85. The van der Waals surface area contributed by atoms with Crippen LogP contribution in [0.15, 0.2) is 121 Å². The second kappa shape index (κ2) is 10.2. The average molecular weight is 625 g/mol. The Hall–Kier alpha value is -6.08. The Bertz CT molecular complexity index is 2470. The summed E-state index contributed by atoms with van der Waals surface area (Å²) in [6, 6.07) is 36.2. The largest absolute Gasteiger partial charge is 0.380 e. The van der Waals surface area contributed by atoms with E-state index < -0.39 is 23.8 Å². The zero-order valence-corrected chi connectivity index (χ0v) is 25.2. The van der Waals surface area contributed by atoms with Gasteiger partial charge in [0.2, 0.25) is 11.6 Å². The van der Waals surface area contributed by atoms with E-state index in [4.69, 9.17) is 0 Å². The van der Waals surface area contributed by atoms with Crippen LogP contribution in [0.4, 0.5) is 0 Å². The Morgan fingerprint density at radius 1 is 0.333 bits per heavy atom. The van der Waals surface area contributed by atoms with E-state index in [0.717, 1.165) is 22.3 Å². The Labute approximate surface area is 274 Å². The summed E-state index contributed by atoms with van der Waals surface area (Å²) < 4.78 is 0. The predicted molar refractivity (Wildman–Crippen MR) is 181 cm³/mol. The maximum absolute atomic E-state index is 13.6. The summed E-state index contributed by atoms with van der Waals surface area (Å²) in [4.78, 5) is 53.2. The molecule has 0 heterocycles. The molecule has 0 saturated carbocycles. The highest BCUT2D eigenvalue weighted by Gasteiger charge is 2.34. The SMILES string of the molecule is O=C1C(=O)c2cc(-c3ccc4c(c3)C(O)C(=O)c3ccccc3-4)ccc2-c2ccc(-c3ccc4c(c3)C(=O)C(O)c3ccccc3-4)cc21. The summed E-state index contributed by atoms with van der Waals surface area (Å²) in [7, 11) is 0. The molecule has 6 aromatic rings. The number of ketones is 4. The van der Waals surface area contributed by atoms with Crippen molar-refractivity contribution >= 4 is 23.1 Å². The van der Waals surface area contributed by atoms with Crippen LogP contribution in [0.5, 0.6) is 0 Å². The van der Waals surface area contributed by atoms with Crippen molar-refractivity contribution in [2.45, 2.75) is 12.2 Å². The summed E-state index contributed by atoms with van der Waals surface area (Å²) in [5.41, 5.74) is 9.61. The number of aliphatic hydroxyl groups is 2. The number of benzene rings is 6. The van der Waals surface area contributed by atoms with Gasteiger partial charge in [0.05, 0.1) is 0 Å². The van der Waals surface area contributed by atoms with Crippen molar-refractivity contribution in [1.29, 1.82) is 0 Å². The number of fused-ring (bicyclic) bond motifs is 9. The molecule has 0 radical (unpaired) electrons. The molecule has 3 aliphatic rings. The lowest BCUT2D eigenvalue weighted by Crippen LogP contribution is -2.21. The van der Waals surface area contributed by atoms with E-state index in [1.54, 1.807) is 48.5 Å². The Morgan fingerprint density at radius 3 is 1.31 bits per heavy atom. The Balaban J connectivity index is 1.09. The van der Waals surface area contributed by atoms with Crippen molar-refractivity contribution in [1.82, 2.24) is 0 Å². The van der Waals surface area contributed by atoms with Crippen molar-refractivity contribution in [2.75, 3.05) is 0 Å². The van der Waals surface area contributed by atoms with Crippen LogP contribution in [0.3, 0.4) is 0 Å². The molecular formula is C42H24O6. The molecule has 0 amide bonds. The number of hydrogen-bond acceptors (Lipinski definition) is 6. The van der Waals surface area contributed by atoms with Crippen molar-refractivity contribution in [3.63, 3.8) is 0 Å². The highest BCUT2D eigenvalue weighted by atomic mass is 16.3. The van der Waals surface area contributed by atoms with E-state index in [9.17, 15) is 29.4 Å². The van der Waals surface area contributed by atoms with E-state index in [1.165, 1.54) is 0 Å². The highest BCUT2D eigenvalue weighted by Crippen LogP contribution is 2.44. The molecule has 0 spiro atoms. The van der Waals surface area contributed by atoms with E-state index in [1.807, 2.05) is 72.8 Å². The van der Waals surface area contributed by atoms with Crippen LogP contribution in [-0.2, 0) is 0 Å². The lowest BCUT2D eigenvalue weighted by Gasteiger charge is -2.24. The first kappa shape index (κ1) is 28.2. The number of aliphatic hydroxyl groups excluding tert-OH is 2. The van der Waals surface area contributed by atoms with Crippen LogP contribution in [0.1, 0.15) is 64.8 Å². The smallest absolute Gasteiger partial charge is 0.234 e. The van der Waals surface area contributed by atoms with Crippen molar-refractivity contribution < 1.29 is 29.4 Å². The van der Waals surface area contributed by atoms with Gasteiger partial charge in [-0.15, -0.1) is 0 Å². The van der Waals surface area contributed by atoms with Gasteiger partial charge >= 0.3 is 0 Å². The third-order valence-corrected chi connectivity index (χ3v) is 9.85. The second-order valence-electron chi connectivity index (χ2n) is 12.4. The van der Waals surface area contributed by atoms with Crippen molar-refractivity contribution in [3.8, 4) is 55.6 Å². The first-order valence-corrected chi connectivity index (χ1v) is 15.6. The summed E-state index contributed by atoms with van der Waals surface area (Å²) >= 11 is 0. The van der Waals surface area contributed by atoms with Gasteiger partial charge in [0.1, 0.15) is 12.2 Å². The molecular weight excluding hydrogens is 600 g/mol. The summed E-state index contributed by atoms with van der Waals surface area (Å²) in [6.07, 6.45) is -2.55. The molecule has 9 rings (SSSR count). The van der Waals surface area contributed by atoms with E-state index in [0.29, 0.717) is 55.6 Å². The average Bonchev–Trinajstić information content (AvgIpc) is 3.14. The standard InChI is InChI=1S/C42H24O6/c43-37-31-7-3-1-5-25(31)27-13-9-21(17-33(27)39(37)45)23-11-15-29-30-16-12-24(20-36(30)42(48)41(47)35(29)19-23)22-10-14-28-26-6-2-4-8-32(26)38(44)40(46)34(28)18-22/h1-20,37,40,43,46H. The van der Waals surface area contributed by atoms with Gasteiger partial charge in [-0.2, -0.15) is 0 Å². The molecule has 0 aliphatic heterocycles. The number of carbonyl (C=O) groups is 4. The summed E-state index contributed by atoms with van der Waals surface area (Å²) in [6.45, 7) is 0. The maximum Gasteiger partial charge on any atom is 0.234 e. The maximum atomic E-state index is 13.6. The van der Waals surface area contributed by atoms with Gasteiger partial charge < -0.3 is 10.2 Å². The molecule has 6 heteroatoms. The fraction of sp³-hybridized carbons (Fsp3) is 0.0476. The molecule has 48 heavy (non-hydrogen) atoms. The minimum Gasteiger partial charge on any atom is -0.380 e. The number of carbonyl (C=O) groups excluding carboxylic acids is 4. The lowest BCUT2D eigenvalue weighted by molar-refractivity contribution is 0.0740. The lowest BCUT2D eigenvalue weighted by atomic mass is 9.79. The van der Waals surface area contributed by atoms with Crippen LogP contribution in [-0.4, -0.2) is 33.3 Å². The Morgan fingerprint density at radius 2 is 0.708 bits per heavy atom. The van der Waals surface area contributed by atoms with Gasteiger partial charge in [0.15, 0.2) is 11.6 Å². The second-order valence-corrected chi connectivity index (χ2v) is 12.4. The zero-order valence-electron chi connectivity index (χ0n) is 25.2. The van der Waals surface area contributed by atoms with Crippen LogP contribution >= 0.6 is 0 Å². The predicted octanol–water partition coefficient (Wildman–Crippen LogP) is 7.86. The molecule has 0 fully saturated rings. The van der Waals surface area contributed by atoms with Crippen molar-refractivity contribution in [3.05, 3.63) is 155 Å². The van der Waals surface area contributed by atoms with Crippen molar-refractivity contribution in [2.24, 2.45) is 0 Å². The molecule has 228 valence electrons. The quantitative estimate of drug-likeness (QED) is 0.190. The number of rotatable bonds is 2. The van der Waals surface area contributed by atoms with Crippen LogP contribution in [0.2, 0.25) is 0 Å². The molecule has 2 N–H and O–H groups in total. The van der Waals surface area contributed by atoms with Crippen LogP contribution < -0.4 is 0 Å². The minimum atomic E-state index is -1.30. The van der Waals surface area contributed by atoms with Gasteiger partial charge in [-0.1, -0.05) is 97.1 Å². The van der Waals surface area contributed by atoms with Gasteiger partial charge in [-0.05, 0) is 91.0 Å².